The molecule has 1 saturated carbocycles. The third-order valence-electron chi connectivity index (χ3n) is 7.44. The Bertz CT molecular complexity index is 942. The van der Waals surface area contributed by atoms with Crippen molar-refractivity contribution in [1.29, 1.82) is 0 Å². The van der Waals surface area contributed by atoms with Crippen molar-refractivity contribution in [2.24, 2.45) is 5.92 Å². The Hall–Kier alpha value is -3.10. The van der Waals surface area contributed by atoms with Crippen LogP contribution in [-0.2, 0) is 14.4 Å². The van der Waals surface area contributed by atoms with E-state index in [1.807, 2.05) is 31.1 Å². The lowest BCUT2D eigenvalue weighted by Gasteiger charge is -2.42. The van der Waals surface area contributed by atoms with Crippen LogP contribution in [-0.4, -0.2) is 85.8 Å². The summed E-state index contributed by atoms with van der Waals surface area (Å²) >= 11 is 0. The summed E-state index contributed by atoms with van der Waals surface area (Å²) in [6, 6.07) is 5.82. The highest BCUT2D eigenvalue weighted by atomic mass is 16.2. The molecule has 3 fully saturated rings. The number of amides is 4. The first-order valence-electron chi connectivity index (χ1n) is 12.8. The summed E-state index contributed by atoms with van der Waals surface area (Å²) in [5.41, 5.74) is 1.47. The molecule has 4 rings (SSSR count). The lowest BCUT2D eigenvalue weighted by Crippen LogP contribution is -2.64. The maximum absolute atomic E-state index is 13.5. The van der Waals surface area contributed by atoms with Crippen LogP contribution in [0.15, 0.2) is 24.3 Å². The summed E-state index contributed by atoms with van der Waals surface area (Å²) in [6.45, 7) is 1.44. The normalized spacial score (nSPS) is 23.4. The Balaban J connectivity index is 1.52. The maximum atomic E-state index is 13.5. The van der Waals surface area contributed by atoms with Crippen molar-refractivity contribution in [3.8, 4) is 0 Å². The van der Waals surface area contributed by atoms with E-state index in [4.69, 9.17) is 0 Å². The van der Waals surface area contributed by atoms with E-state index < -0.39 is 12.1 Å². The molecule has 2 N–H and O–H groups in total. The number of carbonyl (C=O) groups excluding carboxylic acids is 4. The van der Waals surface area contributed by atoms with Crippen molar-refractivity contribution in [1.82, 2.24) is 20.4 Å². The number of nitrogens with one attached hydrogen (secondary N) is 2. The van der Waals surface area contributed by atoms with Gasteiger partial charge in [0, 0.05) is 50.9 Å². The second kappa shape index (κ2) is 11.1. The molecule has 9 heteroatoms. The molecule has 2 atom stereocenters. The van der Waals surface area contributed by atoms with Crippen LogP contribution in [0.4, 0.5) is 5.69 Å². The van der Waals surface area contributed by atoms with Gasteiger partial charge in [0.25, 0.3) is 5.91 Å². The first-order chi connectivity index (χ1) is 16.8. The molecule has 0 unspecified atom stereocenters. The Kier molecular flexibility index (Phi) is 7.93. The van der Waals surface area contributed by atoms with Crippen molar-refractivity contribution >= 4 is 29.3 Å². The van der Waals surface area contributed by atoms with Gasteiger partial charge in [-0.15, -0.1) is 0 Å². The van der Waals surface area contributed by atoms with Gasteiger partial charge in [-0.3, -0.25) is 19.2 Å². The van der Waals surface area contributed by atoms with Crippen LogP contribution in [0.2, 0.25) is 0 Å². The van der Waals surface area contributed by atoms with Crippen molar-refractivity contribution in [3.05, 3.63) is 29.8 Å². The molecule has 0 aromatic heterocycles. The zero-order valence-electron chi connectivity index (χ0n) is 20.8. The predicted octanol–water partition coefficient (Wildman–Crippen LogP) is 1.38. The number of piperidine rings is 1. The summed E-state index contributed by atoms with van der Waals surface area (Å²) in [5, 5.41) is 5.63. The number of benzene rings is 1. The molecule has 35 heavy (non-hydrogen) atoms. The van der Waals surface area contributed by atoms with E-state index in [1.54, 1.807) is 21.9 Å². The average Bonchev–Trinajstić information content (AvgIpc) is 2.89. The Morgan fingerprint density at radius 3 is 2.34 bits per heavy atom. The molecule has 1 aliphatic carbocycles. The van der Waals surface area contributed by atoms with E-state index in [0.29, 0.717) is 25.1 Å². The van der Waals surface area contributed by atoms with Crippen molar-refractivity contribution in [2.75, 3.05) is 45.2 Å². The van der Waals surface area contributed by atoms with Gasteiger partial charge in [-0.25, -0.2) is 0 Å². The fraction of sp³-hybridized carbons (Fsp3) is 0.615. The molecule has 4 amide bonds. The van der Waals surface area contributed by atoms with Gasteiger partial charge >= 0.3 is 0 Å². The largest absolute Gasteiger partial charge is 0.378 e. The molecule has 2 saturated heterocycles. The third-order valence-corrected chi connectivity index (χ3v) is 7.44. The summed E-state index contributed by atoms with van der Waals surface area (Å²) in [4.78, 5) is 57.6. The number of piperazine rings is 1. The van der Waals surface area contributed by atoms with Crippen molar-refractivity contribution in [3.63, 3.8) is 0 Å². The molecule has 1 aromatic carbocycles. The highest BCUT2D eigenvalue weighted by Gasteiger charge is 2.40. The van der Waals surface area contributed by atoms with E-state index in [2.05, 4.69) is 10.6 Å². The van der Waals surface area contributed by atoms with Gasteiger partial charge < -0.3 is 25.3 Å². The molecular weight excluding hydrogens is 446 g/mol. The second-order valence-corrected chi connectivity index (χ2v) is 10.1. The lowest BCUT2D eigenvalue weighted by atomic mass is 9.88. The molecule has 0 bridgehead atoms. The summed E-state index contributed by atoms with van der Waals surface area (Å²) in [7, 11) is 3.86. The highest BCUT2D eigenvalue weighted by Crippen LogP contribution is 2.27. The smallest absolute Gasteiger partial charge is 0.254 e. The molecule has 2 aliphatic heterocycles. The van der Waals surface area contributed by atoms with E-state index in [9.17, 15) is 19.2 Å². The van der Waals surface area contributed by atoms with E-state index in [1.165, 1.54) is 0 Å². The summed E-state index contributed by atoms with van der Waals surface area (Å²) in [6.07, 6.45) is 6.39. The Morgan fingerprint density at radius 2 is 1.69 bits per heavy atom. The fourth-order valence-corrected chi connectivity index (χ4v) is 5.30. The van der Waals surface area contributed by atoms with Gasteiger partial charge in [0.2, 0.25) is 17.7 Å². The first-order valence-corrected chi connectivity index (χ1v) is 12.8. The van der Waals surface area contributed by atoms with Crippen molar-refractivity contribution < 1.29 is 19.2 Å². The molecule has 0 spiro atoms. The number of hydrogen-bond acceptors (Lipinski definition) is 5. The van der Waals surface area contributed by atoms with Crippen LogP contribution in [0.25, 0.3) is 0 Å². The zero-order valence-corrected chi connectivity index (χ0v) is 20.8. The number of anilines is 1. The quantitative estimate of drug-likeness (QED) is 0.659. The fourth-order valence-electron chi connectivity index (χ4n) is 5.30. The molecular formula is C26H37N5O4. The van der Waals surface area contributed by atoms with Gasteiger partial charge in [0.05, 0.1) is 6.54 Å². The minimum Gasteiger partial charge on any atom is -0.378 e. The van der Waals surface area contributed by atoms with Gasteiger partial charge in [-0.1, -0.05) is 19.3 Å². The van der Waals surface area contributed by atoms with Gasteiger partial charge in [-0.2, -0.15) is 0 Å². The number of rotatable bonds is 5. The van der Waals surface area contributed by atoms with Gasteiger partial charge in [0.15, 0.2) is 0 Å². The predicted molar refractivity (Wildman–Crippen MR) is 133 cm³/mol. The summed E-state index contributed by atoms with van der Waals surface area (Å²) in [5.74, 6) is -0.745. The van der Waals surface area contributed by atoms with Crippen LogP contribution < -0.4 is 15.5 Å². The molecule has 0 radical (unpaired) electrons. The molecule has 1 aromatic rings. The number of nitrogens with zero attached hydrogens (tertiary/aromatic N) is 3. The van der Waals surface area contributed by atoms with Gasteiger partial charge in [-0.05, 0) is 49.9 Å². The zero-order chi connectivity index (χ0) is 24.9. The highest BCUT2D eigenvalue weighted by molar-refractivity contribution is 5.99. The van der Waals surface area contributed by atoms with E-state index >= 15 is 0 Å². The van der Waals surface area contributed by atoms with Crippen LogP contribution in [0, 0.1) is 5.92 Å². The molecule has 2 heterocycles. The number of hydrogen-bond donors (Lipinski definition) is 2. The first kappa shape index (κ1) is 25.0. The van der Waals surface area contributed by atoms with Crippen molar-refractivity contribution in [2.45, 2.75) is 57.0 Å². The van der Waals surface area contributed by atoms with Crippen LogP contribution in [0.5, 0.6) is 0 Å². The SMILES string of the molecule is CN(C)c1ccc(C(=O)N2CCN(C(=O)C3CCCCC3)C[C@@H]2C(=O)N[C@@H]2CCCNC2=O)cc1. The number of carbonyl (C=O) groups is 4. The third kappa shape index (κ3) is 5.77. The molecule has 3 aliphatic rings. The Labute approximate surface area is 207 Å². The second-order valence-electron chi connectivity index (χ2n) is 10.1. The van der Waals surface area contributed by atoms with Crippen LogP contribution >= 0.6 is 0 Å². The molecule has 9 nitrogen and oxygen atoms in total. The minimum atomic E-state index is -0.841. The average molecular weight is 484 g/mol. The van der Waals surface area contributed by atoms with E-state index in [0.717, 1.165) is 44.2 Å². The van der Waals surface area contributed by atoms with E-state index in [-0.39, 0.29) is 42.6 Å². The maximum Gasteiger partial charge on any atom is 0.254 e. The lowest BCUT2D eigenvalue weighted by molar-refractivity contribution is -0.142. The molecule has 190 valence electrons. The summed E-state index contributed by atoms with van der Waals surface area (Å²) < 4.78 is 0. The van der Waals surface area contributed by atoms with Crippen LogP contribution in [0.1, 0.15) is 55.3 Å². The topological polar surface area (TPSA) is 102 Å². The Morgan fingerprint density at radius 1 is 0.971 bits per heavy atom. The standard InChI is InChI=1S/C26H37N5O4/c1-29(2)20-12-10-19(11-13-20)26(35)31-16-15-30(25(34)18-7-4-3-5-8-18)17-22(31)24(33)28-21-9-6-14-27-23(21)32/h10-13,18,21-22H,3-9,14-17H2,1-2H3,(H,27,32)(H,28,33)/t21-,22-/m1/s1. The van der Waals surface area contributed by atoms with Gasteiger partial charge in [0.1, 0.15) is 12.1 Å². The monoisotopic (exact) mass is 483 g/mol. The minimum absolute atomic E-state index is 0.00240. The van der Waals surface area contributed by atoms with Crippen LogP contribution in [0.3, 0.4) is 0 Å².